The van der Waals surface area contributed by atoms with Gasteiger partial charge in [-0.05, 0) is 24.1 Å². The lowest BCUT2D eigenvalue weighted by molar-refractivity contribution is 0.193. The van der Waals surface area contributed by atoms with E-state index in [4.69, 9.17) is 10.5 Å². The quantitative estimate of drug-likeness (QED) is 0.811. The van der Waals surface area contributed by atoms with Crippen LogP contribution in [0.3, 0.4) is 0 Å². The number of ether oxygens (including phenoxy) is 1. The van der Waals surface area contributed by atoms with Crippen LogP contribution >= 0.6 is 0 Å². The maximum Gasteiger partial charge on any atom is 0.0670 e. The van der Waals surface area contributed by atoms with E-state index in [1.54, 1.807) is 0 Å². The highest BCUT2D eigenvalue weighted by molar-refractivity contribution is 5.48. The number of nitrogens with zero attached hydrogens (tertiary/aromatic N) is 1. The summed E-state index contributed by atoms with van der Waals surface area (Å²) in [5.41, 5.74) is 7.98. The number of hydrogen-bond acceptors (Lipinski definition) is 3. The first kappa shape index (κ1) is 10.5. The van der Waals surface area contributed by atoms with Crippen molar-refractivity contribution in [2.45, 2.75) is 19.0 Å². The molecule has 0 amide bonds. The SMILES string of the molecule is CN(c1ccc(CN)cc1)C1CCOC1. The van der Waals surface area contributed by atoms with Crippen LogP contribution in [0.25, 0.3) is 0 Å². The average Bonchev–Trinajstić information content (AvgIpc) is 2.82. The molecule has 3 nitrogen and oxygen atoms in total. The molecule has 1 aromatic rings. The van der Waals surface area contributed by atoms with Gasteiger partial charge in [0.1, 0.15) is 0 Å². The van der Waals surface area contributed by atoms with E-state index in [1.807, 2.05) is 0 Å². The molecule has 0 saturated carbocycles. The first-order valence-corrected chi connectivity index (χ1v) is 5.41. The number of nitrogens with two attached hydrogens (primary N) is 1. The smallest absolute Gasteiger partial charge is 0.0670 e. The number of hydrogen-bond donors (Lipinski definition) is 1. The summed E-state index contributed by atoms with van der Waals surface area (Å²) < 4.78 is 5.38. The summed E-state index contributed by atoms with van der Waals surface area (Å²) in [5, 5.41) is 0. The summed E-state index contributed by atoms with van der Waals surface area (Å²) in [6.07, 6.45) is 1.12. The van der Waals surface area contributed by atoms with E-state index in [-0.39, 0.29) is 0 Å². The van der Waals surface area contributed by atoms with Crippen molar-refractivity contribution < 1.29 is 4.74 Å². The topological polar surface area (TPSA) is 38.5 Å². The van der Waals surface area contributed by atoms with E-state index in [0.717, 1.165) is 19.6 Å². The molecule has 2 N–H and O–H groups in total. The van der Waals surface area contributed by atoms with Crippen molar-refractivity contribution in [3.8, 4) is 0 Å². The highest BCUT2D eigenvalue weighted by atomic mass is 16.5. The molecule has 1 unspecified atom stereocenters. The third-order valence-corrected chi connectivity index (χ3v) is 3.03. The maximum absolute atomic E-state index is 5.56. The molecule has 1 aliphatic rings. The molecular formula is C12H18N2O. The predicted molar refractivity (Wildman–Crippen MR) is 62.0 cm³/mol. The van der Waals surface area contributed by atoms with Crippen molar-refractivity contribution >= 4 is 5.69 Å². The Balaban J connectivity index is 2.07. The van der Waals surface area contributed by atoms with Gasteiger partial charge in [-0.3, -0.25) is 0 Å². The fourth-order valence-electron chi connectivity index (χ4n) is 1.91. The van der Waals surface area contributed by atoms with Crippen LogP contribution in [-0.2, 0) is 11.3 Å². The van der Waals surface area contributed by atoms with Gasteiger partial charge in [-0.2, -0.15) is 0 Å². The standard InChI is InChI=1S/C12H18N2O/c1-14(12-6-7-15-9-12)11-4-2-10(8-13)3-5-11/h2-5,12H,6-9,13H2,1H3. The second-order valence-corrected chi connectivity index (χ2v) is 4.00. The molecule has 1 fully saturated rings. The Morgan fingerprint density at radius 3 is 2.67 bits per heavy atom. The maximum atomic E-state index is 5.56. The minimum atomic E-state index is 0.522. The zero-order valence-corrected chi connectivity index (χ0v) is 9.15. The number of likely N-dealkylation sites (N-methyl/N-ethyl adjacent to an activating group) is 1. The van der Waals surface area contributed by atoms with Crippen LogP contribution in [-0.4, -0.2) is 26.3 Å². The molecule has 1 aliphatic heterocycles. The van der Waals surface area contributed by atoms with Crippen LogP contribution in [0.1, 0.15) is 12.0 Å². The van der Waals surface area contributed by atoms with E-state index in [0.29, 0.717) is 12.6 Å². The molecule has 0 aliphatic carbocycles. The van der Waals surface area contributed by atoms with Crippen molar-refractivity contribution in [2.75, 3.05) is 25.2 Å². The largest absolute Gasteiger partial charge is 0.379 e. The van der Waals surface area contributed by atoms with Crippen molar-refractivity contribution in [1.29, 1.82) is 0 Å². The molecule has 1 atom stereocenters. The Labute approximate surface area is 90.8 Å². The predicted octanol–water partition coefficient (Wildman–Crippen LogP) is 1.37. The van der Waals surface area contributed by atoms with E-state index in [2.05, 4.69) is 36.2 Å². The van der Waals surface area contributed by atoms with Gasteiger partial charge < -0.3 is 15.4 Å². The first-order chi connectivity index (χ1) is 7.31. The lowest BCUT2D eigenvalue weighted by atomic mass is 10.1. The molecule has 0 radical (unpaired) electrons. The molecule has 0 spiro atoms. The van der Waals surface area contributed by atoms with Crippen molar-refractivity contribution in [3.05, 3.63) is 29.8 Å². The Hall–Kier alpha value is -1.06. The molecule has 3 heteroatoms. The summed E-state index contributed by atoms with van der Waals surface area (Å²) in [5.74, 6) is 0. The number of benzene rings is 1. The van der Waals surface area contributed by atoms with Gasteiger partial charge in [-0.25, -0.2) is 0 Å². The summed E-state index contributed by atoms with van der Waals surface area (Å²) in [6, 6.07) is 8.94. The molecule has 15 heavy (non-hydrogen) atoms. The van der Waals surface area contributed by atoms with Crippen LogP contribution in [0.2, 0.25) is 0 Å². The van der Waals surface area contributed by atoms with Crippen LogP contribution < -0.4 is 10.6 Å². The fraction of sp³-hybridized carbons (Fsp3) is 0.500. The molecule has 82 valence electrons. The highest BCUT2D eigenvalue weighted by Gasteiger charge is 2.20. The molecule has 1 aromatic carbocycles. The van der Waals surface area contributed by atoms with Gasteiger partial charge in [-0.1, -0.05) is 12.1 Å². The van der Waals surface area contributed by atoms with E-state index in [9.17, 15) is 0 Å². The van der Waals surface area contributed by atoms with Gasteiger partial charge in [0, 0.05) is 25.9 Å². The van der Waals surface area contributed by atoms with Crippen molar-refractivity contribution in [3.63, 3.8) is 0 Å². The zero-order valence-electron chi connectivity index (χ0n) is 9.15. The molecule has 1 saturated heterocycles. The monoisotopic (exact) mass is 206 g/mol. The van der Waals surface area contributed by atoms with Gasteiger partial charge in [0.15, 0.2) is 0 Å². The third kappa shape index (κ3) is 2.30. The zero-order chi connectivity index (χ0) is 10.7. The lowest BCUT2D eigenvalue weighted by Gasteiger charge is -2.25. The van der Waals surface area contributed by atoms with Gasteiger partial charge >= 0.3 is 0 Å². The Kier molecular flexibility index (Phi) is 3.23. The van der Waals surface area contributed by atoms with E-state index in [1.165, 1.54) is 11.3 Å². The molecular weight excluding hydrogens is 188 g/mol. The van der Waals surface area contributed by atoms with Crippen LogP contribution in [0.5, 0.6) is 0 Å². The summed E-state index contributed by atoms with van der Waals surface area (Å²) in [4.78, 5) is 2.29. The average molecular weight is 206 g/mol. The Morgan fingerprint density at radius 2 is 2.13 bits per heavy atom. The highest BCUT2D eigenvalue weighted by Crippen LogP contribution is 2.20. The van der Waals surface area contributed by atoms with Crippen LogP contribution in [0, 0.1) is 0 Å². The van der Waals surface area contributed by atoms with Crippen LogP contribution in [0.15, 0.2) is 24.3 Å². The summed E-state index contributed by atoms with van der Waals surface area (Å²) in [7, 11) is 2.12. The summed E-state index contributed by atoms with van der Waals surface area (Å²) >= 11 is 0. The lowest BCUT2D eigenvalue weighted by Crippen LogP contribution is -2.31. The number of anilines is 1. The van der Waals surface area contributed by atoms with Gasteiger partial charge in [0.05, 0.1) is 12.6 Å². The first-order valence-electron chi connectivity index (χ1n) is 5.41. The minimum absolute atomic E-state index is 0.522. The Bertz CT molecular complexity index is 304. The third-order valence-electron chi connectivity index (χ3n) is 3.03. The summed E-state index contributed by atoms with van der Waals surface area (Å²) in [6.45, 7) is 2.33. The minimum Gasteiger partial charge on any atom is -0.379 e. The second-order valence-electron chi connectivity index (χ2n) is 4.00. The van der Waals surface area contributed by atoms with Crippen LogP contribution in [0.4, 0.5) is 5.69 Å². The fourth-order valence-corrected chi connectivity index (χ4v) is 1.91. The van der Waals surface area contributed by atoms with Crippen molar-refractivity contribution in [2.24, 2.45) is 5.73 Å². The molecule has 0 aromatic heterocycles. The molecule has 1 heterocycles. The molecule has 0 bridgehead atoms. The number of rotatable bonds is 3. The Morgan fingerprint density at radius 1 is 1.40 bits per heavy atom. The normalized spacial score (nSPS) is 20.5. The van der Waals surface area contributed by atoms with Gasteiger partial charge in [0.25, 0.3) is 0 Å². The van der Waals surface area contributed by atoms with Gasteiger partial charge in [0.2, 0.25) is 0 Å². The second kappa shape index (κ2) is 4.64. The molecule has 2 rings (SSSR count). The van der Waals surface area contributed by atoms with E-state index >= 15 is 0 Å². The van der Waals surface area contributed by atoms with Crippen molar-refractivity contribution in [1.82, 2.24) is 0 Å². The van der Waals surface area contributed by atoms with Gasteiger partial charge in [-0.15, -0.1) is 0 Å². The van der Waals surface area contributed by atoms with E-state index < -0.39 is 0 Å².